The van der Waals surface area contributed by atoms with Crippen molar-refractivity contribution in [1.29, 1.82) is 0 Å². The van der Waals surface area contributed by atoms with Crippen LogP contribution in [0.1, 0.15) is 53.3 Å². The summed E-state index contributed by atoms with van der Waals surface area (Å²) in [4.78, 5) is 27.9. The molecule has 1 aromatic heterocycles. The minimum Gasteiger partial charge on any atom is -0.481 e. The summed E-state index contributed by atoms with van der Waals surface area (Å²) in [6.45, 7) is 1.92. The summed E-state index contributed by atoms with van der Waals surface area (Å²) < 4.78 is 5.84. The van der Waals surface area contributed by atoms with Crippen molar-refractivity contribution in [3.63, 3.8) is 0 Å². The molecule has 2 aliphatic rings. The first-order valence-electron chi connectivity index (χ1n) is 8.89. The van der Waals surface area contributed by atoms with Gasteiger partial charge in [0, 0.05) is 30.2 Å². The van der Waals surface area contributed by atoms with Crippen LogP contribution in [0.3, 0.4) is 0 Å². The molecule has 1 amide bonds. The quantitative estimate of drug-likeness (QED) is 0.823. The number of aryl methyl sites for hydroxylation is 3. The van der Waals surface area contributed by atoms with Crippen LogP contribution in [0.25, 0.3) is 11.6 Å². The average Bonchev–Trinajstić information content (AvgIpc) is 3.15. The SMILES string of the molecule is Cc1c(CCC(=O)O)ccc2c1C(=Cc1nc3c(o1)CCCC3)C(=O)N2. The first-order valence-corrected chi connectivity index (χ1v) is 8.89. The van der Waals surface area contributed by atoms with Gasteiger partial charge in [-0.1, -0.05) is 6.07 Å². The van der Waals surface area contributed by atoms with E-state index in [9.17, 15) is 9.59 Å². The van der Waals surface area contributed by atoms with E-state index in [0.717, 1.165) is 59.5 Å². The Balaban J connectivity index is 1.72. The predicted octanol–water partition coefficient (Wildman–Crippen LogP) is 3.37. The first kappa shape index (κ1) is 16.6. The van der Waals surface area contributed by atoms with Crippen molar-refractivity contribution in [1.82, 2.24) is 4.98 Å². The van der Waals surface area contributed by atoms with Gasteiger partial charge in [-0.3, -0.25) is 9.59 Å². The topological polar surface area (TPSA) is 92.4 Å². The van der Waals surface area contributed by atoms with E-state index in [2.05, 4.69) is 10.3 Å². The van der Waals surface area contributed by atoms with Crippen LogP contribution in [0.15, 0.2) is 16.5 Å². The van der Waals surface area contributed by atoms with E-state index in [-0.39, 0.29) is 12.3 Å². The highest BCUT2D eigenvalue weighted by Crippen LogP contribution is 2.37. The number of carbonyl (C=O) groups is 2. The predicted molar refractivity (Wildman–Crippen MR) is 96.8 cm³/mol. The number of carbonyl (C=O) groups excluding carboxylic acids is 1. The number of nitrogens with zero attached hydrogens (tertiary/aromatic N) is 1. The van der Waals surface area contributed by atoms with E-state index in [4.69, 9.17) is 9.52 Å². The van der Waals surface area contributed by atoms with Gasteiger partial charge in [0.1, 0.15) is 5.76 Å². The maximum atomic E-state index is 12.5. The van der Waals surface area contributed by atoms with Crippen molar-refractivity contribution in [3.8, 4) is 0 Å². The third kappa shape index (κ3) is 2.92. The Labute approximate surface area is 150 Å². The van der Waals surface area contributed by atoms with Crippen LogP contribution in [0, 0.1) is 6.92 Å². The van der Waals surface area contributed by atoms with Gasteiger partial charge in [0.05, 0.1) is 11.3 Å². The van der Waals surface area contributed by atoms with E-state index in [1.165, 1.54) is 0 Å². The molecule has 2 heterocycles. The van der Waals surface area contributed by atoms with E-state index in [0.29, 0.717) is 17.9 Å². The lowest BCUT2D eigenvalue weighted by molar-refractivity contribution is -0.137. The third-order valence-corrected chi connectivity index (χ3v) is 5.08. The van der Waals surface area contributed by atoms with Gasteiger partial charge >= 0.3 is 5.97 Å². The summed E-state index contributed by atoms with van der Waals surface area (Å²) in [5.41, 5.74) is 4.93. The zero-order valence-electron chi connectivity index (χ0n) is 14.6. The largest absolute Gasteiger partial charge is 0.481 e. The number of amides is 1. The molecule has 0 bridgehead atoms. The molecule has 2 aromatic rings. The normalized spacial score (nSPS) is 17.1. The van der Waals surface area contributed by atoms with Gasteiger partial charge in [0.2, 0.25) is 5.89 Å². The maximum Gasteiger partial charge on any atom is 0.303 e. The van der Waals surface area contributed by atoms with E-state index in [1.54, 1.807) is 6.08 Å². The Morgan fingerprint density at radius 2 is 2.15 bits per heavy atom. The lowest BCUT2D eigenvalue weighted by atomic mass is 9.94. The smallest absolute Gasteiger partial charge is 0.303 e. The molecule has 1 aliphatic heterocycles. The Kier molecular flexibility index (Phi) is 4.11. The van der Waals surface area contributed by atoms with Crippen molar-refractivity contribution in [2.75, 3.05) is 5.32 Å². The number of rotatable bonds is 4. The van der Waals surface area contributed by atoms with Crippen molar-refractivity contribution in [3.05, 3.63) is 46.2 Å². The summed E-state index contributed by atoms with van der Waals surface area (Å²) in [5, 5.41) is 11.8. The molecular formula is C20H20N2O4. The average molecular weight is 352 g/mol. The number of fused-ring (bicyclic) bond motifs is 2. The van der Waals surface area contributed by atoms with Crippen LogP contribution >= 0.6 is 0 Å². The zero-order valence-corrected chi connectivity index (χ0v) is 14.6. The molecule has 0 unspecified atom stereocenters. The number of carboxylic acid groups (broad SMARTS) is 1. The molecular weight excluding hydrogens is 332 g/mol. The van der Waals surface area contributed by atoms with Gasteiger partial charge in [-0.05, 0) is 49.8 Å². The lowest BCUT2D eigenvalue weighted by Crippen LogP contribution is -2.03. The van der Waals surface area contributed by atoms with Gasteiger partial charge in [-0.25, -0.2) is 4.98 Å². The third-order valence-electron chi connectivity index (χ3n) is 5.08. The number of oxazole rings is 1. The molecule has 26 heavy (non-hydrogen) atoms. The molecule has 6 nitrogen and oxygen atoms in total. The monoisotopic (exact) mass is 352 g/mol. The number of benzene rings is 1. The van der Waals surface area contributed by atoms with Crippen LogP contribution in [-0.2, 0) is 28.9 Å². The minimum atomic E-state index is -0.833. The molecule has 1 aromatic carbocycles. The Bertz CT molecular complexity index is 916. The zero-order chi connectivity index (χ0) is 18.3. The molecule has 0 radical (unpaired) electrons. The molecule has 6 heteroatoms. The Hall–Kier alpha value is -2.89. The summed E-state index contributed by atoms with van der Waals surface area (Å²) in [5.74, 6) is 0.369. The fourth-order valence-corrected chi connectivity index (χ4v) is 3.72. The van der Waals surface area contributed by atoms with Crippen molar-refractivity contribution in [2.45, 2.75) is 45.4 Å². The van der Waals surface area contributed by atoms with Crippen molar-refractivity contribution >= 4 is 29.2 Å². The molecule has 0 atom stereocenters. The maximum absolute atomic E-state index is 12.5. The highest BCUT2D eigenvalue weighted by atomic mass is 16.4. The molecule has 2 N–H and O–H groups in total. The molecule has 4 rings (SSSR count). The van der Waals surface area contributed by atoms with Crippen LogP contribution in [0.4, 0.5) is 5.69 Å². The standard InChI is InChI=1S/C20H20N2O4/c1-11-12(7-9-18(23)24)6-8-15-19(11)13(20(25)22-15)10-17-21-14-4-2-3-5-16(14)26-17/h6,8,10H,2-5,7,9H2,1H3,(H,22,25)(H,23,24). The second-order valence-corrected chi connectivity index (χ2v) is 6.81. The highest BCUT2D eigenvalue weighted by Gasteiger charge is 2.28. The number of hydrogen-bond donors (Lipinski definition) is 2. The molecule has 134 valence electrons. The molecule has 1 aliphatic carbocycles. The number of hydrogen-bond acceptors (Lipinski definition) is 4. The van der Waals surface area contributed by atoms with Crippen LogP contribution in [-0.4, -0.2) is 22.0 Å². The van der Waals surface area contributed by atoms with Crippen LogP contribution in [0.2, 0.25) is 0 Å². The highest BCUT2D eigenvalue weighted by molar-refractivity contribution is 6.35. The van der Waals surface area contributed by atoms with E-state index in [1.807, 2.05) is 19.1 Å². The number of carboxylic acids is 1. The lowest BCUT2D eigenvalue weighted by Gasteiger charge is -2.09. The molecule has 0 saturated carbocycles. The van der Waals surface area contributed by atoms with Crippen molar-refractivity contribution < 1.29 is 19.1 Å². The second kappa shape index (κ2) is 6.44. The first-order chi connectivity index (χ1) is 12.5. The van der Waals surface area contributed by atoms with Gasteiger partial charge in [0.25, 0.3) is 5.91 Å². The second-order valence-electron chi connectivity index (χ2n) is 6.81. The van der Waals surface area contributed by atoms with Crippen LogP contribution < -0.4 is 5.32 Å². The van der Waals surface area contributed by atoms with Crippen LogP contribution in [0.5, 0.6) is 0 Å². The number of anilines is 1. The van der Waals surface area contributed by atoms with E-state index >= 15 is 0 Å². The number of aromatic nitrogens is 1. The summed E-state index contributed by atoms with van der Waals surface area (Å²) in [6, 6.07) is 3.71. The Morgan fingerprint density at radius 3 is 2.92 bits per heavy atom. The minimum absolute atomic E-state index is 0.0620. The summed E-state index contributed by atoms with van der Waals surface area (Å²) in [6.07, 6.45) is 6.23. The van der Waals surface area contributed by atoms with Gasteiger partial charge in [-0.15, -0.1) is 0 Å². The molecule has 0 fully saturated rings. The fraction of sp³-hybridized carbons (Fsp3) is 0.350. The van der Waals surface area contributed by atoms with Gasteiger partial charge in [-0.2, -0.15) is 0 Å². The van der Waals surface area contributed by atoms with Gasteiger partial charge < -0.3 is 14.8 Å². The Morgan fingerprint density at radius 1 is 1.35 bits per heavy atom. The fourth-order valence-electron chi connectivity index (χ4n) is 3.72. The molecule has 0 spiro atoms. The van der Waals surface area contributed by atoms with Crippen molar-refractivity contribution in [2.24, 2.45) is 0 Å². The summed E-state index contributed by atoms with van der Waals surface area (Å²) >= 11 is 0. The van der Waals surface area contributed by atoms with E-state index < -0.39 is 5.97 Å². The number of aliphatic carboxylic acids is 1. The van der Waals surface area contributed by atoms with Gasteiger partial charge in [0.15, 0.2) is 0 Å². The molecule has 0 saturated heterocycles. The number of nitrogens with one attached hydrogen (secondary N) is 1. The summed E-state index contributed by atoms with van der Waals surface area (Å²) in [7, 11) is 0.